The molecule has 1 aliphatic rings. The zero-order chi connectivity index (χ0) is 21.1. The van der Waals surface area contributed by atoms with Crippen LogP contribution in [-0.2, 0) is 24.2 Å². The molecule has 0 aliphatic carbocycles. The minimum Gasteiger partial charge on any atom is -0.497 e. The van der Waals surface area contributed by atoms with Gasteiger partial charge in [0.05, 0.1) is 32.0 Å². The van der Waals surface area contributed by atoms with Crippen LogP contribution in [-0.4, -0.2) is 41.5 Å². The van der Waals surface area contributed by atoms with Gasteiger partial charge in [-0.1, -0.05) is 12.1 Å². The van der Waals surface area contributed by atoms with E-state index in [1.165, 1.54) is 0 Å². The molecule has 1 aliphatic heterocycles. The highest BCUT2D eigenvalue weighted by molar-refractivity contribution is 5.79. The molecule has 0 N–H and O–H groups in total. The van der Waals surface area contributed by atoms with E-state index in [1.807, 2.05) is 60.4 Å². The Hall–Kier alpha value is -3.41. The molecule has 6 nitrogen and oxygen atoms in total. The number of carbonyl (C=O) groups excluding carboxylic acids is 1. The van der Waals surface area contributed by atoms with Crippen molar-refractivity contribution in [2.24, 2.45) is 0 Å². The molecule has 1 amide bonds. The zero-order valence-electron chi connectivity index (χ0n) is 17.5. The molecule has 0 bridgehead atoms. The van der Waals surface area contributed by atoms with Gasteiger partial charge in [0.2, 0.25) is 5.91 Å². The molecule has 30 heavy (non-hydrogen) atoms. The van der Waals surface area contributed by atoms with Crippen LogP contribution in [0, 0.1) is 6.92 Å². The number of fused-ring (bicyclic) bond motifs is 1. The van der Waals surface area contributed by atoms with E-state index in [4.69, 9.17) is 14.5 Å². The second-order valence-electron chi connectivity index (χ2n) is 7.36. The molecule has 0 fully saturated rings. The largest absolute Gasteiger partial charge is 0.497 e. The van der Waals surface area contributed by atoms with Gasteiger partial charge < -0.3 is 14.4 Å². The van der Waals surface area contributed by atoms with Crippen LogP contribution in [0.1, 0.15) is 22.6 Å². The molecule has 0 atom stereocenters. The van der Waals surface area contributed by atoms with E-state index in [0.29, 0.717) is 19.5 Å². The van der Waals surface area contributed by atoms with E-state index >= 15 is 0 Å². The Bertz CT molecular complexity index is 1050. The van der Waals surface area contributed by atoms with E-state index in [2.05, 4.69) is 4.98 Å². The maximum atomic E-state index is 13.0. The van der Waals surface area contributed by atoms with Gasteiger partial charge in [-0.15, -0.1) is 0 Å². The van der Waals surface area contributed by atoms with Crippen LogP contribution in [0.25, 0.3) is 11.3 Å². The normalized spacial score (nSPS) is 13.0. The molecule has 154 valence electrons. The van der Waals surface area contributed by atoms with Crippen LogP contribution < -0.4 is 9.47 Å². The van der Waals surface area contributed by atoms with Crippen molar-refractivity contribution in [3.63, 3.8) is 0 Å². The smallest absolute Gasteiger partial charge is 0.227 e. The third-order valence-electron chi connectivity index (χ3n) is 5.40. The summed E-state index contributed by atoms with van der Waals surface area (Å²) >= 11 is 0. The fourth-order valence-electron chi connectivity index (χ4n) is 3.77. The van der Waals surface area contributed by atoms with Crippen LogP contribution in [0.15, 0.2) is 48.5 Å². The van der Waals surface area contributed by atoms with Crippen LogP contribution >= 0.6 is 0 Å². The van der Waals surface area contributed by atoms with Crippen molar-refractivity contribution >= 4 is 5.91 Å². The van der Waals surface area contributed by atoms with Gasteiger partial charge >= 0.3 is 0 Å². The van der Waals surface area contributed by atoms with E-state index in [-0.39, 0.29) is 5.91 Å². The van der Waals surface area contributed by atoms with Crippen molar-refractivity contribution < 1.29 is 14.3 Å². The second-order valence-corrected chi connectivity index (χ2v) is 7.36. The van der Waals surface area contributed by atoms with Gasteiger partial charge in [0.15, 0.2) is 0 Å². The van der Waals surface area contributed by atoms with Gasteiger partial charge in [-0.25, -0.2) is 9.97 Å². The molecule has 1 aromatic heterocycles. The molecule has 2 heterocycles. The first kappa shape index (κ1) is 19.9. The van der Waals surface area contributed by atoms with Crippen LogP contribution in [0.3, 0.4) is 0 Å². The highest BCUT2D eigenvalue weighted by Crippen LogP contribution is 2.29. The van der Waals surface area contributed by atoms with Crippen molar-refractivity contribution in [3.05, 3.63) is 71.2 Å². The minimum atomic E-state index is 0.104. The highest BCUT2D eigenvalue weighted by atomic mass is 16.5. The topological polar surface area (TPSA) is 64.5 Å². The minimum absolute atomic E-state index is 0.104. The molecular weight excluding hydrogens is 378 g/mol. The monoisotopic (exact) mass is 403 g/mol. The Morgan fingerprint density at radius 1 is 0.967 bits per heavy atom. The molecule has 0 spiro atoms. The SMILES string of the molecule is COc1ccc(CC(=O)N2CCc3nc(C)nc(-c4ccc(OC)cc4)c3C2)cc1. The number of amides is 1. The number of hydrogen-bond donors (Lipinski definition) is 0. The number of methoxy groups -OCH3 is 2. The Labute approximate surface area is 176 Å². The van der Waals surface area contributed by atoms with Gasteiger partial charge in [0.1, 0.15) is 17.3 Å². The van der Waals surface area contributed by atoms with Crippen molar-refractivity contribution in [2.45, 2.75) is 26.3 Å². The third kappa shape index (κ3) is 4.13. The van der Waals surface area contributed by atoms with Gasteiger partial charge in [0, 0.05) is 30.6 Å². The molecular formula is C24H25N3O3. The standard InChI is InChI=1S/C24H25N3O3/c1-16-25-22-12-13-27(23(28)14-17-4-8-19(29-2)9-5-17)15-21(22)24(26-16)18-6-10-20(30-3)11-7-18/h4-11H,12-15H2,1-3H3. The maximum Gasteiger partial charge on any atom is 0.227 e. The van der Waals surface area contributed by atoms with Crippen LogP contribution in [0.2, 0.25) is 0 Å². The first-order valence-corrected chi connectivity index (χ1v) is 9.99. The van der Waals surface area contributed by atoms with Gasteiger partial charge in [-0.3, -0.25) is 4.79 Å². The second kappa shape index (κ2) is 8.53. The lowest BCUT2D eigenvalue weighted by atomic mass is 9.98. The average molecular weight is 403 g/mol. The molecule has 6 heteroatoms. The van der Waals surface area contributed by atoms with Crippen LogP contribution in [0.4, 0.5) is 0 Å². The van der Waals surface area contributed by atoms with Crippen molar-refractivity contribution in [1.82, 2.24) is 14.9 Å². The highest BCUT2D eigenvalue weighted by Gasteiger charge is 2.25. The Kier molecular flexibility index (Phi) is 5.65. The van der Waals surface area contributed by atoms with Gasteiger partial charge in [-0.2, -0.15) is 0 Å². The van der Waals surface area contributed by atoms with Crippen LogP contribution in [0.5, 0.6) is 11.5 Å². The summed E-state index contributed by atoms with van der Waals surface area (Å²) in [5.41, 5.74) is 4.92. The summed E-state index contributed by atoms with van der Waals surface area (Å²) in [6.07, 6.45) is 1.10. The first-order valence-electron chi connectivity index (χ1n) is 9.99. The lowest BCUT2D eigenvalue weighted by molar-refractivity contribution is -0.131. The number of ether oxygens (including phenoxy) is 2. The van der Waals surface area contributed by atoms with E-state index in [0.717, 1.165) is 51.8 Å². The number of aromatic nitrogens is 2. The molecule has 0 radical (unpaired) electrons. The summed E-state index contributed by atoms with van der Waals surface area (Å²) in [5, 5.41) is 0. The fraction of sp³-hybridized carbons (Fsp3) is 0.292. The van der Waals surface area contributed by atoms with Gasteiger partial charge in [-0.05, 0) is 48.9 Å². The molecule has 0 saturated carbocycles. The number of benzene rings is 2. The first-order chi connectivity index (χ1) is 14.6. The summed E-state index contributed by atoms with van der Waals surface area (Å²) in [5.74, 6) is 2.44. The molecule has 3 aromatic rings. The average Bonchev–Trinajstić information content (AvgIpc) is 2.78. The molecule has 0 saturated heterocycles. The van der Waals surface area contributed by atoms with Gasteiger partial charge in [0.25, 0.3) is 0 Å². The van der Waals surface area contributed by atoms with E-state index < -0.39 is 0 Å². The van der Waals surface area contributed by atoms with Crippen molar-refractivity contribution in [2.75, 3.05) is 20.8 Å². The maximum absolute atomic E-state index is 13.0. The summed E-state index contributed by atoms with van der Waals surface area (Å²) in [6.45, 7) is 3.10. The number of rotatable bonds is 5. The number of hydrogen-bond acceptors (Lipinski definition) is 5. The fourth-order valence-corrected chi connectivity index (χ4v) is 3.77. The van der Waals surface area contributed by atoms with Crippen molar-refractivity contribution in [1.29, 1.82) is 0 Å². The predicted molar refractivity (Wildman–Crippen MR) is 115 cm³/mol. The summed E-state index contributed by atoms with van der Waals surface area (Å²) in [7, 11) is 3.29. The summed E-state index contributed by atoms with van der Waals surface area (Å²) in [6, 6.07) is 15.5. The predicted octanol–water partition coefficient (Wildman–Crippen LogP) is 3.60. The lowest BCUT2D eigenvalue weighted by Gasteiger charge is -2.30. The Morgan fingerprint density at radius 2 is 1.60 bits per heavy atom. The number of nitrogens with zero attached hydrogens (tertiary/aromatic N) is 3. The lowest BCUT2D eigenvalue weighted by Crippen LogP contribution is -2.37. The van der Waals surface area contributed by atoms with E-state index in [1.54, 1.807) is 14.2 Å². The molecule has 4 rings (SSSR count). The number of carbonyl (C=O) groups is 1. The summed E-state index contributed by atoms with van der Waals surface area (Å²) in [4.78, 5) is 24.2. The Morgan fingerprint density at radius 3 is 2.23 bits per heavy atom. The van der Waals surface area contributed by atoms with Crippen molar-refractivity contribution in [3.8, 4) is 22.8 Å². The third-order valence-corrected chi connectivity index (χ3v) is 5.40. The molecule has 0 unspecified atom stereocenters. The quantitative estimate of drug-likeness (QED) is 0.651. The Balaban J connectivity index is 1.57. The number of aryl methyl sites for hydroxylation is 1. The summed E-state index contributed by atoms with van der Waals surface area (Å²) < 4.78 is 10.5. The van der Waals surface area contributed by atoms with E-state index in [9.17, 15) is 4.79 Å². The zero-order valence-corrected chi connectivity index (χ0v) is 17.5. The molecule has 2 aromatic carbocycles.